The Hall–Kier alpha value is -2.64. The maximum Gasteiger partial charge on any atom is 0.329 e. The summed E-state index contributed by atoms with van der Waals surface area (Å²) in [7, 11) is -6.82. The summed E-state index contributed by atoms with van der Waals surface area (Å²) in [5.41, 5.74) is 0.0689. The standard InChI is InChI=1S/C20H19O7PS/c1-26-16-6-8-17(9-7-16)27-18-10-12-19(13-11-18)29(24,25)20-5-3-2-4-15(20)14-28(21,22)23/h2-13H,14H2,1H3,(H2,21,22,23). The van der Waals surface area contributed by atoms with Gasteiger partial charge in [0.2, 0.25) is 9.84 Å². The van der Waals surface area contributed by atoms with Gasteiger partial charge in [0.15, 0.2) is 0 Å². The Bertz CT molecular complexity index is 1130. The fraction of sp³-hybridized carbons (Fsp3) is 0.100. The first-order valence-corrected chi connectivity index (χ1v) is 11.8. The molecule has 3 rings (SSSR count). The van der Waals surface area contributed by atoms with Gasteiger partial charge in [-0.25, -0.2) is 8.42 Å². The predicted molar refractivity (Wildman–Crippen MR) is 107 cm³/mol. The van der Waals surface area contributed by atoms with Crippen molar-refractivity contribution in [1.29, 1.82) is 0 Å². The first-order valence-electron chi connectivity index (χ1n) is 8.48. The second kappa shape index (κ2) is 8.39. The molecule has 3 aromatic rings. The lowest BCUT2D eigenvalue weighted by Crippen LogP contribution is -2.06. The van der Waals surface area contributed by atoms with Crippen molar-refractivity contribution in [2.24, 2.45) is 0 Å². The van der Waals surface area contributed by atoms with Gasteiger partial charge in [0.25, 0.3) is 0 Å². The molecule has 7 nitrogen and oxygen atoms in total. The van der Waals surface area contributed by atoms with Crippen LogP contribution in [-0.2, 0) is 20.6 Å². The molecule has 0 aromatic heterocycles. The SMILES string of the molecule is COc1ccc(Oc2ccc(S(=O)(=O)c3ccccc3CP(=O)(O)O)cc2)cc1. The molecule has 29 heavy (non-hydrogen) atoms. The summed E-state index contributed by atoms with van der Waals surface area (Å²) in [6, 6.07) is 18.5. The highest BCUT2D eigenvalue weighted by Gasteiger charge is 2.25. The molecular weight excluding hydrogens is 415 g/mol. The van der Waals surface area contributed by atoms with Gasteiger partial charge in [0, 0.05) is 0 Å². The van der Waals surface area contributed by atoms with Crippen molar-refractivity contribution in [2.75, 3.05) is 7.11 Å². The molecular formula is C20H19O7PS. The first-order chi connectivity index (χ1) is 13.7. The molecule has 0 spiro atoms. The average molecular weight is 434 g/mol. The van der Waals surface area contributed by atoms with Crippen molar-refractivity contribution in [2.45, 2.75) is 16.0 Å². The monoisotopic (exact) mass is 434 g/mol. The van der Waals surface area contributed by atoms with E-state index in [1.54, 1.807) is 31.4 Å². The number of hydrogen-bond acceptors (Lipinski definition) is 5. The van der Waals surface area contributed by atoms with Crippen LogP contribution in [-0.4, -0.2) is 25.3 Å². The number of benzene rings is 3. The Kier molecular flexibility index (Phi) is 6.10. The molecule has 0 aliphatic carbocycles. The van der Waals surface area contributed by atoms with Gasteiger partial charge < -0.3 is 19.3 Å². The van der Waals surface area contributed by atoms with Gasteiger partial charge in [-0.05, 0) is 60.2 Å². The smallest absolute Gasteiger partial charge is 0.329 e. The van der Waals surface area contributed by atoms with E-state index in [1.807, 2.05) is 0 Å². The van der Waals surface area contributed by atoms with Crippen molar-refractivity contribution >= 4 is 17.4 Å². The molecule has 0 amide bonds. The molecule has 0 unspecified atom stereocenters. The molecule has 0 fully saturated rings. The zero-order chi connectivity index (χ0) is 21.1. The lowest BCUT2D eigenvalue weighted by atomic mass is 10.2. The van der Waals surface area contributed by atoms with Crippen molar-refractivity contribution in [3.8, 4) is 17.2 Å². The second-order valence-corrected chi connectivity index (χ2v) is 9.75. The van der Waals surface area contributed by atoms with E-state index in [1.165, 1.54) is 48.5 Å². The van der Waals surface area contributed by atoms with Crippen LogP contribution >= 0.6 is 7.60 Å². The zero-order valence-electron chi connectivity index (χ0n) is 15.4. The van der Waals surface area contributed by atoms with Gasteiger partial charge >= 0.3 is 7.60 Å². The minimum absolute atomic E-state index is 0.00209. The summed E-state index contributed by atoms with van der Waals surface area (Å²) in [5.74, 6) is 1.69. The highest BCUT2D eigenvalue weighted by molar-refractivity contribution is 7.91. The quantitative estimate of drug-likeness (QED) is 0.541. The van der Waals surface area contributed by atoms with Crippen LogP contribution in [0, 0.1) is 0 Å². The molecule has 0 aliphatic heterocycles. The number of methoxy groups -OCH3 is 1. The Morgan fingerprint density at radius 3 is 1.90 bits per heavy atom. The Morgan fingerprint density at radius 2 is 1.34 bits per heavy atom. The lowest BCUT2D eigenvalue weighted by molar-refractivity contribution is 0.371. The molecule has 2 N–H and O–H groups in total. The third-order valence-corrected chi connectivity index (χ3v) is 6.69. The van der Waals surface area contributed by atoms with Gasteiger partial charge in [-0.15, -0.1) is 0 Å². The highest BCUT2D eigenvalue weighted by atomic mass is 32.2. The number of rotatable bonds is 7. The highest BCUT2D eigenvalue weighted by Crippen LogP contribution is 2.41. The molecule has 0 bridgehead atoms. The first kappa shape index (κ1) is 21.1. The van der Waals surface area contributed by atoms with Crippen LogP contribution in [0.5, 0.6) is 17.2 Å². The molecule has 0 radical (unpaired) electrons. The van der Waals surface area contributed by atoms with E-state index in [0.29, 0.717) is 17.2 Å². The van der Waals surface area contributed by atoms with E-state index in [2.05, 4.69) is 0 Å². The molecule has 0 saturated carbocycles. The fourth-order valence-corrected chi connectivity index (χ4v) is 5.03. The maximum atomic E-state index is 13.0. The van der Waals surface area contributed by atoms with Crippen LogP contribution in [0.2, 0.25) is 0 Å². The summed E-state index contributed by atoms with van der Waals surface area (Å²) >= 11 is 0. The van der Waals surface area contributed by atoms with Crippen molar-refractivity contribution in [3.05, 3.63) is 78.4 Å². The topological polar surface area (TPSA) is 110 Å². The average Bonchev–Trinajstić information content (AvgIpc) is 2.68. The van der Waals surface area contributed by atoms with E-state index < -0.39 is 23.6 Å². The minimum atomic E-state index is -4.42. The van der Waals surface area contributed by atoms with Gasteiger partial charge in [-0.3, -0.25) is 4.57 Å². The fourth-order valence-electron chi connectivity index (χ4n) is 2.71. The normalized spacial score (nSPS) is 11.8. The predicted octanol–water partition coefficient (Wildman–Crippen LogP) is 4.00. The maximum absolute atomic E-state index is 13.0. The summed E-state index contributed by atoms with van der Waals surface area (Å²) in [5, 5.41) is 0. The summed E-state index contributed by atoms with van der Waals surface area (Å²) < 4.78 is 48.1. The summed E-state index contributed by atoms with van der Waals surface area (Å²) in [4.78, 5) is 18.3. The third-order valence-electron chi connectivity index (χ3n) is 4.07. The van der Waals surface area contributed by atoms with Crippen LogP contribution in [0.1, 0.15) is 5.56 Å². The Morgan fingerprint density at radius 1 is 0.828 bits per heavy atom. The Labute approximate surface area is 168 Å². The largest absolute Gasteiger partial charge is 0.497 e. The van der Waals surface area contributed by atoms with E-state index in [9.17, 15) is 22.8 Å². The number of hydrogen-bond donors (Lipinski definition) is 2. The third kappa shape index (κ3) is 5.25. The van der Waals surface area contributed by atoms with E-state index in [-0.39, 0.29) is 15.4 Å². The van der Waals surface area contributed by atoms with E-state index in [4.69, 9.17) is 9.47 Å². The summed E-state index contributed by atoms with van der Waals surface area (Å²) in [6.07, 6.45) is -0.652. The van der Waals surface area contributed by atoms with Crippen LogP contribution in [0.4, 0.5) is 0 Å². The molecule has 9 heteroatoms. The second-order valence-electron chi connectivity index (χ2n) is 6.18. The van der Waals surface area contributed by atoms with Crippen molar-refractivity contribution < 1.29 is 32.2 Å². The number of sulfone groups is 1. The van der Waals surface area contributed by atoms with Gasteiger partial charge in [-0.1, -0.05) is 18.2 Å². The zero-order valence-corrected chi connectivity index (χ0v) is 17.1. The lowest BCUT2D eigenvalue weighted by Gasteiger charge is -2.12. The minimum Gasteiger partial charge on any atom is -0.497 e. The van der Waals surface area contributed by atoms with Gasteiger partial charge in [0.1, 0.15) is 17.2 Å². The van der Waals surface area contributed by atoms with E-state index in [0.717, 1.165) is 0 Å². The molecule has 0 saturated heterocycles. The Balaban J connectivity index is 1.86. The molecule has 152 valence electrons. The van der Waals surface area contributed by atoms with Crippen LogP contribution in [0.15, 0.2) is 82.6 Å². The van der Waals surface area contributed by atoms with Crippen LogP contribution < -0.4 is 9.47 Å². The van der Waals surface area contributed by atoms with Gasteiger partial charge in [0.05, 0.1) is 23.1 Å². The molecule has 3 aromatic carbocycles. The van der Waals surface area contributed by atoms with Crippen molar-refractivity contribution in [1.82, 2.24) is 0 Å². The number of ether oxygens (including phenoxy) is 2. The van der Waals surface area contributed by atoms with E-state index >= 15 is 0 Å². The molecule has 0 atom stereocenters. The molecule has 0 aliphatic rings. The molecule has 0 heterocycles. The summed E-state index contributed by atoms with van der Waals surface area (Å²) in [6.45, 7) is 0. The van der Waals surface area contributed by atoms with Gasteiger partial charge in [-0.2, -0.15) is 0 Å². The van der Waals surface area contributed by atoms with Crippen molar-refractivity contribution in [3.63, 3.8) is 0 Å². The van der Waals surface area contributed by atoms with Crippen LogP contribution in [0.3, 0.4) is 0 Å². The van der Waals surface area contributed by atoms with Crippen LogP contribution in [0.25, 0.3) is 0 Å².